The first-order chi connectivity index (χ1) is 43.3. The van der Waals surface area contributed by atoms with Gasteiger partial charge in [0.05, 0.1) is 0 Å². The lowest BCUT2D eigenvalue weighted by atomic mass is 9.92. The van der Waals surface area contributed by atoms with Crippen molar-refractivity contribution >= 4 is 20.4 Å². The molecule has 12 rings (SSSR count). The van der Waals surface area contributed by atoms with Gasteiger partial charge in [0, 0.05) is 14.7 Å². The van der Waals surface area contributed by atoms with Crippen LogP contribution in [0.2, 0.25) is 0 Å². The van der Waals surface area contributed by atoms with Crippen LogP contribution in [0.15, 0.2) is 324 Å². The molecule has 12 aromatic rings. The quantitative estimate of drug-likeness (QED) is 0.0854. The van der Waals surface area contributed by atoms with Crippen LogP contribution in [0.3, 0.4) is 0 Å². The number of halogens is 9. The zero-order chi connectivity index (χ0) is 62.9. The van der Waals surface area contributed by atoms with E-state index in [0.29, 0.717) is 66.8 Å². The lowest BCUT2D eigenvalue weighted by Crippen LogP contribution is -2.63. The molecule has 0 saturated heterocycles. The van der Waals surface area contributed by atoms with Crippen molar-refractivity contribution in [3.63, 3.8) is 0 Å². The fourth-order valence-electron chi connectivity index (χ4n) is 11.3. The largest absolute Gasteiger partial charge is 0.460 e. The maximum atomic E-state index is 18.1. The van der Waals surface area contributed by atoms with Crippen LogP contribution in [0.5, 0.6) is 0 Å². The maximum Gasteiger partial charge on any atom is 0.460 e. The number of rotatable bonds is 17. The Kier molecular flexibility index (Phi) is 16.4. The van der Waals surface area contributed by atoms with Gasteiger partial charge in [-0.2, -0.15) is 47.9 Å². The topological polar surface area (TPSA) is 43.4 Å². The van der Waals surface area contributed by atoms with Gasteiger partial charge in [0.15, 0.2) is 0 Å². The second-order valence-electron chi connectivity index (χ2n) is 21.2. The van der Waals surface area contributed by atoms with E-state index in [2.05, 4.69) is 0 Å². The minimum Gasteiger partial charge on any atom is -0.202 e. The van der Waals surface area contributed by atoms with Crippen molar-refractivity contribution < 1.29 is 51.6 Å². The van der Waals surface area contributed by atoms with Crippen molar-refractivity contribution in [3.05, 3.63) is 309 Å². The van der Waals surface area contributed by atoms with Gasteiger partial charge in [-0.3, -0.25) is 0 Å². The van der Waals surface area contributed by atoms with Crippen LogP contribution in [0.1, 0.15) is 0 Å². The van der Waals surface area contributed by atoms with E-state index in [4.69, 9.17) is 3.63 Å². The van der Waals surface area contributed by atoms with Gasteiger partial charge in [-0.1, -0.05) is 273 Å². The van der Waals surface area contributed by atoms with E-state index in [-0.39, 0.29) is 48.1 Å². The van der Waals surface area contributed by atoms with Crippen molar-refractivity contribution in [1.82, 2.24) is 0 Å². The molecule has 14 heteroatoms. The smallest absolute Gasteiger partial charge is 0.202 e. The van der Waals surface area contributed by atoms with E-state index < -0.39 is 43.7 Å². The fraction of sp³-hybridized carbons (Fsp3) is 0.0526. The molecule has 0 aliphatic rings. The maximum absolute atomic E-state index is 18.1. The van der Waals surface area contributed by atoms with Gasteiger partial charge in [-0.05, 0) is 147 Å². The molecule has 0 saturated carbocycles. The molecule has 3 nitrogen and oxygen atoms in total. The lowest BCUT2D eigenvalue weighted by Gasteiger charge is -2.47. The highest BCUT2D eigenvalue weighted by Gasteiger charge is 2.86. The monoisotopic (exact) mass is 1250 g/mol. The average Bonchev–Trinajstić information content (AvgIpc) is 0.691. The van der Waals surface area contributed by atoms with Gasteiger partial charge in [-0.15, -0.1) is 0 Å². The van der Waals surface area contributed by atoms with E-state index in [9.17, 15) is 13.2 Å². The Hall–Kier alpha value is -9.73. The van der Waals surface area contributed by atoms with Crippen LogP contribution in [0, 0.1) is 0 Å². The summed E-state index contributed by atoms with van der Waals surface area (Å²) in [7, 11) is -13.3. The highest BCUT2D eigenvalue weighted by molar-refractivity contribution is 8.33. The molecule has 448 valence electrons. The number of benzene rings is 12. The van der Waals surface area contributed by atoms with Gasteiger partial charge in [0.2, 0.25) is 0 Å². The Morgan fingerprint density at radius 2 is 0.411 bits per heavy atom. The molecule has 0 fully saturated rings. The van der Waals surface area contributed by atoms with E-state index in [1.807, 2.05) is 36.4 Å². The number of hydrogen-bond acceptors (Lipinski definition) is 3. The molecule has 0 radical (unpaired) electrons. The Balaban J connectivity index is 1.46. The summed E-state index contributed by atoms with van der Waals surface area (Å²) in [5.41, 5.74) is 5.51. The zero-order valence-corrected chi connectivity index (χ0v) is 49.0. The van der Waals surface area contributed by atoms with Gasteiger partial charge in [0.25, 0.3) is 0 Å². The molecular weight excluding hydrogens is 1200 g/mol. The Bertz CT molecular complexity index is 4020. The average molecular weight is 1250 g/mol. The van der Waals surface area contributed by atoms with E-state index in [1.54, 1.807) is 273 Å². The Morgan fingerprint density at radius 1 is 0.233 bits per heavy atom. The van der Waals surface area contributed by atoms with Gasteiger partial charge in [-0.25, -0.2) is 3.63 Å². The van der Waals surface area contributed by atoms with Gasteiger partial charge in [0.1, 0.15) is 0 Å². The third kappa shape index (κ3) is 11.0. The van der Waals surface area contributed by atoms with Crippen LogP contribution >= 0.6 is 10.3 Å². The molecule has 0 aliphatic heterocycles. The number of alkyl halides is 9. The Morgan fingerprint density at radius 3 is 0.589 bits per heavy atom. The molecule has 0 aliphatic carbocycles. The molecule has 0 aromatic heterocycles. The molecule has 0 unspecified atom stereocenters. The van der Waals surface area contributed by atoms with Crippen LogP contribution in [0.25, 0.3) is 100 Å². The zero-order valence-electron chi connectivity index (χ0n) is 47.4. The summed E-state index contributed by atoms with van der Waals surface area (Å²) in [6.07, 6.45) is -7.42. The van der Waals surface area contributed by atoms with Crippen LogP contribution < -0.4 is 0 Å². The molecule has 0 spiro atoms. The first kappa shape index (κ1) is 60.6. The summed E-state index contributed by atoms with van der Waals surface area (Å²) in [5.74, 6) is -15.4. The highest BCUT2D eigenvalue weighted by Crippen LogP contribution is 2.80. The molecule has 90 heavy (non-hydrogen) atoms. The van der Waals surface area contributed by atoms with E-state index in [0.717, 1.165) is 0 Å². The van der Waals surface area contributed by atoms with E-state index in [1.165, 1.54) is 0 Å². The molecule has 0 N–H and O–H groups in total. The first-order valence-electron chi connectivity index (χ1n) is 28.3. The van der Waals surface area contributed by atoms with Crippen molar-refractivity contribution in [3.8, 4) is 100 Å². The third-order valence-corrected chi connectivity index (χ3v) is 21.0. The third-order valence-electron chi connectivity index (χ3n) is 15.6. The van der Waals surface area contributed by atoms with Crippen molar-refractivity contribution in [2.75, 3.05) is 0 Å². The minimum atomic E-state index is -7.97. The molecule has 12 aromatic carbocycles. The van der Waals surface area contributed by atoms with Crippen LogP contribution in [0.4, 0.5) is 39.5 Å². The Labute approximate surface area is 516 Å². The summed E-state index contributed by atoms with van der Waals surface area (Å²) >= 11 is 0. The van der Waals surface area contributed by atoms with Crippen LogP contribution in [-0.2, 0) is 13.7 Å². The summed E-state index contributed by atoms with van der Waals surface area (Å²) in [4.78, 5) is -0.726. The summed E-state index contributed by atoms with van der Waals surface area (Å²) in [6.45, 7) is 0. The molecular formula is C76H51F9O3S2. The minimum absolute atomic E-state index is 0.0759. The summed E-state index contributed by atoms with van der Waals surface area (Å²) in [6, 6.07) is 87.7. The summed E-state index contributed by atoms with van der Waals surface area (Å²) < 4.78 is 184. The molecule has 0 atom stereocenters. The van der Waals surface area contributed by atoms with Crippen molar-refractivity contribution in [2.24, 2.45) is 0 Å². The normalized spacial score (nSPS) is 12.6. The second kappa shape index (κ2) is 24.3. The predicted molar refractivity (Wildman–Crippen MR) is 342 cm³/mol. The molecule has 0 heterocycles. The predicted octanol–water partition coefficient (Wildman–Crippen LogP) is 22.7. The van der Waals surface area contributed by atoms with Crippen molar-refractivity contribution in [1.29, 1.82) is 0 Å². The summed E-state index contributed by atoms with van der Waals surface area (Å²) in [5, 5.41) is -7.39. The van der Waals surface area contributed by atoms with Gasteiger partial charge < -0.3 is 0 Å². The molecule has 0 amide bonds. The highest BCUT2D eigenvalue weighted by atomic mass is 32.3. The van der Waals surface area contributed by atoms with E-state index >= 15 is 34.8 Å². The van der Waals surface area contributed by atoms with Gasteiger partial charge >= 0.3 is 33.4 Å². The SMILES string of the molecule is O=S(=O)(OS(c1c(-c2ccccc2)cc(-c2ccccc2)cc1-c1ccccc1)(c1c(-c2ccccc2)cc(-c2ccccc2)cc1-c1ccccc1)c1c(-c2ccccc2)cc(-c2ccccc2)cc1-c1ccccc1)C(F)(F)C(F)(F)C(F)(F)C(F)(F)F. The second-order valence-corrected chi connectivity index (χ2v) is 25.5. The molecule has 0 bridgehead atoms. The standard InChI is InChI=1S/C76H51F9O3S2/c77-73(78,75(81,82)83)74(79,80)76(84,85)90(86,87)88-89(70-64(55-34-16-4-17-35-55)46-61(52-28-10-1-11-29-52)47-65(70)56-36-18-5-19-37-56,71-66(57-38-20-6-21-39-57)48-62(53-30-12-2-13-31-53)49-67(71)58-40-22-7-23-41-58)72-68(59-42-24-8-25-43-59)50-63(54-32-14-3-15-33-54)51-69(72)60-44-26-9-27-45-60/h1-51H. The number of hydrogen-bond donors (Lipinski definition) is 0. The lowest BCUT2D eigenvalue weighted by molar-refractivity contribution is -0.382. The van der Waals surface area contributed by atoms with Crippen molar-refractivity contribution in [2.45, 2.75) is 38.0 Å². The fourth-order valence-corrected chi connectivity index (χ4v) is 17.5. The van der Waals surface area contributed by atoms with Crippen LogP contribution in [-0.4, -0.2) is 31.7 Å². The first-order valence-corrected chi connectivity index (χ1v) is 31.3.